The summed E-state index contributed by atoms with van der Waals surface area (Å²) in [5.74, 6) is 0. The van der Waals surface area contributed by atoms with Crippen LogP contribution in [-0.4, -0.2) is 21.6 Å². The highest BCUT2D eigenvalue weighted by Crippen LogP contribution is 2.56. The van der Waals surface area contributed by atoms with E-state index in [0.29, 0.717) is 0 Å². The van der Waals surface area contributed by atoms with Crippen LogP contribution >= 0.6 is 0 Å². The predicted octanol–water partition coefficient (Wildman–Crippen LogP) is 5.62. The van der Waals surface area contributed by atoms with Gasteiger partial charge in [0.25, 0.3) is 0 Å². The zero-order chi connectivity index (χ0) is 20.4. The van der Waals surface area contributed by atoms with Crippen molar-refractivity contribution >= 4 is 39.0 Å². The summed E-state index contributed by atoms with van der Waals surface area (Å²) in [5, 5.41) is 4.07. The molecule has 1 amide bonds. The molecule has 4 aromatic carbocycles. The number of hydrogen-bond acceptors (Lipinski definition) is 3. The van der Waals surface area contributed by atoms with Gasteiger partial charge in [0.2, 0.25) is 0 Å². The molecule has 7 rings (SSSR count). The molecule has 4 aromatic rings. The second kappa shape index (κ2) is 6.49. The van der Waals surface area contributed by atoms with Gasteiger partial charge in [-0.15, -0.1) is 4.31 Å². The van der Waals surface area contributed by atoms with Crippen molar-refractivity contribution in [3.05, 3.63) is 95.1 Å². The molecule has 1 aliphatic carbocycles. The van der Waals surface area contributed by atoms with E-state index in [-0.39, 0.29) is 6.61 Å². The molecule has 2 bridgehead atoms. The van der Waals surface area contributed by atoms with Gasteiger partial charge in [-0.1, -0.05) is 48.5 Å². The van der Waals surface area contributed by atoms with E-state index in [2.05, 4.69) is 48.5 Å². The van der Waals surface area contributed by atoms with Crippen LogP contribution in [0.15, 0.2) is 72.8 Å². The van der Waals surface area contributed by atoms with Crippen molar-refractivity contribution in [2.75, 3.05) is 6.61 Å². The van der Waals surface area contributed by atoms with Gasteiger partial charge in [-0.3, -0.25) is 0 Å². The Bertz CT molecular complexity index is 1250. The lowest BCUT2D eigenvalue weighted by Gasteiger charge is -2.46. The first-order valence-electron chi connectivity index (χ1n) is 10.1. The van der Waals surface area contributed by atoms with Crippen molar-refractivity contribution in [3.63, 3.8) is 0 Å². The number of carbonyl (C=O) groups excluding carboxylic acids is 1. The largest absolute Gasteiger partial charge is 0.592 e. The number of carbonyl (C=O) groups is 1. The second-order valence-corrected chi connectivity index (χ2v) is 9.16. The van der Waals surface area contributed by atoms with Crippen molar-refractivity contribution in [1.29, 1.82) is 0 Å². The van der Waals surface area contributed by atoms with E-state index in [1.807, 2.05) is 24.3 Å². The summed E-state index contributed by atoms with van der Waals surface area (Å²) in [4.78, 5) is 12.9. The van der Waals surface area contributed by atoms with Crippen LogP contribution in [0.4, 0.5) is 4.79 Å². The molecule has 148 valence electrons. The molecule has 0 aromatic heterocycles. The molecule has 30 heavy (non-hydrogen) atoms. The number of ether oxygens (including phenoxy) is 1. The van der Waals surface area contributed by atoms with Crippen LogP contribution in [0, 0.1) is 0 Å². The molecule has 0 fully saturated rings. The quantitative estimate of drug-likeness (QED) is 0.381. The van der Waals surface area contributed by atoms with Gasteiger partial charge in [0, 0.05) is 11.1 Å². The maximum absolute atomic E-state index is 13.6. The average Bonchev–Trinajstić information content (AvgIpc) is 2.76. The summed E-state index contributed by atoms with van der Waals surface area (Å²) in [6.07, 6.45) is -0.525. The van der Waals surface area contributed by atoms with E-state index in [0.717, 1.165) is 43.8 Å². The molecule has 0 saturated heterocycles. The maximum atomic E-state index is 13.6. The number of rotatable bonds is 1. The first-order valence-corrected chi connectivity index (χ1v) is 11.3. The van der Waals surface area contributed by atoms with Crippen molar-refractivity contribution in [1.82, 2.24) is 4.31 Å². The SMILES string of the molecule is CCOC(=O)N1C2c3cc4ccccc4cc3C(c3cc4ccccc4cc32)[S+]1[O-]. The molecule has 1 atom stereocenters. The van der Waals surface area contributed by atoms with Gasteiger partial charge >= 0.3 is 6.09 Å². The summed E-state index contributed by atoms with van der Waals surface area (Å²) < 4.78 is 20.4. The van der Waals surface area contributed by atoms with Crippen LogP contribution in [0.1, 0.15) is 40.5 Å². The van der Waals surface area contributed by atoms with E-state index in [4.69, 9.17) is 4.74 Å². The Labute approximate surface area is 177 Å². The lowest BCUT2D eigenvalue weighted by molar-refractivity contribution is 0.122. The van der Waals surface area contributed by atoms with Gasteiger partial charge in [0.05, 0.1) is 18.0 Å². The van der Waals surface area contributed by atoms with Crippen LogP contribution in [0.2, 0.25) is 0 Å². The van der Waals surface area contributed by atoms with E-state index in [1.54, 1.807) is 6.92 Å². The van der Waals surface area contributed by atoms with Gasteiger partial charge in [0.1, 0.15) is 6.04 Å². The fraction of sp³-hybridized carbons (Fsp3) is 0.160. The topological polar surface area (TPSA) is 52.6 Å². The lowest BCUT2D eigenvalue weighted by Crippen LogP contribution is -2.50. The summed E-state index contributed by atoms with van der Waals surface area (Å²) >= 11 is -1.55. The van der Waals surface area contributed by atoms with Gasteiger partial charge < -0.3 is 9.29 Å². The van der Waals surface area contributed by atoms with Crippen LogP contribution in [-0.2, 0) is 16.1 Å². The zero-order valence-electron chi connectivity index (χ0n) is 16.4. The number of benzene rings is 4. The van der Waals surface area contributed by atoms with Gasteiger partial charge in [-0.2, -0.15) is 0 Å². The molecule has 0 saturated carbocycles. The highest BCUT2D eigenvalue weighted by atomic mass is 32.2. The van der Waals surface area contributed by atoms with E-state index >= 15 is 0 Å². The Hall–Kier alpha value is -3.02. The minimum atomic E-state index is -1.55. The Morgan fingerprint density at radius 3 is 1.73 bits per heavy atom. The fourth-order valence-corrected chi connectivity index (χ4v) is 6.57. The average molecular weight is 413 g/mol. The summed E-state index contributed by atoms with van der Waals surface area (Å²) in [5.41, 5.74) is 4.16. The highest BCUT2D eigenvalue weighted by Gasteiger charge is 2.55. The van der Waals surface area contributed by atoms with Crippen LogP contribution in [0.5, 0.6) is 0 Å². The Balaban J connectivity index is 1.66. The van der Waals surface area contributed by atoms with Crippen LogP contribution < -0.4 is 0 Å². The van der Waals surface area contributed by atoms with E-state index in [9.17, 15) is 9.35 Å². The third-order valence-corrected chi connectivity index (χ3v) is 7.79. The second-order valence-electron chi connectivity index (χ2n) is 7.74. The lowest BCUT2D eigenvalue weighted by atomic mass is 9.79. The Kier molecular flexibility index (Phi) is 3.85. The van der Waals surface area contributed by atoms with Crippen molar-refractivity contribution < 1.29 is 14.1 Å². The van der Waals surface area contributed by atoms with Gasteiger partial charge in [-0.25, -0.2) is 4.79 Å². The van der Waals surface area contributed by atoms with E-state index < -0.39 is 28.7 Å². The maximum Gasteiger partial charge on any atom is 0.452 e. The standard InChI is InChI=1S/C25H19NO3S/c1-2-29-25(27)26-23-19-11-15-7-3-5-9-17(15)13-21(19)24(30(26)28)22-14-18-10-6-4-8-16(18)12-20(22)23/h3-14,23-24H,2H2,1H3. The van der Waals surface area contributed by atoms with Crippen LogP contribution in [0.25, 0.3) is 21.5 Å². The first kappa shape index (κ1) is 17.8. The third kappa shape index (κ3) is 2.36. The van der Waals surface area contributed by atoms with Crippen molar-refractivity contribution in [2.45, 2.75) is 18.2 Å². The summed E-state index contributed by atoms with van der Waals surface area (Å²) in [7, 11) is 0. The molecule has 0 spiro atoms. The number of amides is 1. The molecular weight excluding hydrogens is 394 g/mol. The predicted molar refractivity (Wildman–Crippen MR) is 119 cm³/mol. The van der Waals surface area contributed by atoms with Crippen molar-refractivity contribution in [2.24, 2.45) is 0 Å². The number of hydrogen-bond donors (Lipinski definition) is 0. The molecule has 2 aliphatic heterocycles. The third-order valence-electron chi connectivity index (χ3n) is 6.13. The molecular formula is C25H19NO3S. The minimum absolute atomic E-state index is 0.249. The highest BCUT2D eigenvalue weighted by molar-refractivity contribution is 7.90. The summed E-state index contributed by atoms with van der Waals surface area (Å²) in [6, 6.07) is 24.5. The monoisotopic (exact) mass is 413 g/mol. The minimum Gasteiger partial charge on any atom is -0.592 e. The number of nitrogens with zero attached hydrogens (tertiary/aromatic N) is 1. The molecule has 3 aliphatic rings. The fourth-order valence-electron chi connectivity index (χ4n) is 4.87. The van der Waals surface area contributed by atoms with Gasteiger partial charge in [0.15, 0.2) is 5.25 Å². The Morgan fingerprint density at radius 2 is 1.30 bits per heavy atom. The van der Waals surface area contributed by atoms with Crippen molar-refractivity contribution in [3.8, 4) is 0 Å². The molecule has 1 unspecified atom stereocenters. The Morgan fingerprint density at radius 1 is 0.867 bits per heavy atom. The normalized spacial score (nSPS) is 21.5. The zero-order valence-corrected chi connectivity index (χ0v) is 17.2. The summed E-state index contributed by atoms with van der Waals surface area (Å²) in [6.45, 7) is 2.02. The smallest absolute Gasteiger partial charge is 0.452 e. The molecule has 0 radical (unpaired) electrons. The number of fused-ring (bicyclic) bond motifs is 3. The molecule has 5 heteroatoms. The van der Waals surface area contributed by atoms with E-state index in [1.165, 1.54) is 4.31 Å². The molecule has 0 N–H and O–H groups in total. The first-order chi connectivity index (χ1) is 14.7. The molecule has 4 nitrogen and oxygen atoms in total. The van der Waals surface area contributed by atoms with Gasteiger partial charge in [-0.05, 0) is 63.9 Å². The molecule has 2 heterocycles. The van der Waals surface area contributed by atoms with Crippen LogP contribution in [0.3, 0.4) is 0 Å².